The predicted molar refractivity (Wildman–Crippen MR) is 78.2 cm³/mol. The van der Waals surface area contributed by atoms with Gasteiger partial charge in [-0.25, -0.2) is 0 Å². The minimum atomic E-state index is -0.995. The number of amides is 2. The predicted octanol–water partition coefficient (Wildman–Crippen LogP) is 0.0897. The molecule has 2 rings (SSSR count). The van der Waals surface area contributed by atoms with E-state index >= 15 is 0 Å². The second-order valence-electron chi connectivity index (χ2n) is 4.91. The van der Waals surface area contributed by atoms with Crippen LogP contribution in [0.4, 0.5) is 0 Å². The van der Waals surface area contributed by atoms with Crippen LogP contribution < -0.4 is 0 Å². The Morgan fingerprint density at radius 3 is 2.24 bits per heavy atom. The van der Waals surface area contributed by atoms with Crippen molar-refractivity contribution in [3.8, 4) is 11.8 Å². The second kappa shape index (κ2) is 6.91. The summed E-state index contributed by atoms with van der Waals surface area (Å²) in [5.41, 5.74) is 0.800. The first-order valence-corrected chi connectivity index (χ1v) is 6.91. The maximum absolute atomic E-state index is 12.0. The van der Waals surface area contributed by atoms with Crippen molar-refractivity contribution in [1.29, 1.82) is 0 Å². The third kappa shape index (κ3) is 4.07. The number of aliphatic hydroxyl groups is 1. The summed E-state index contributed by atoms with van der Waals surface area (Å²) >= 11 is 0. The van der Waals surface area contributed by atoms with Gasteiger partial charge in [0.1, 0.15) is 6.10 Å². The van der Waals surface area contributed by atoms with E-state index in [2.05, 4.69) is 11.8 Å². The number of piperazine rings is 1. The largest absolute Gasteiger partial charge is 0.384 e. The fourth-order valence-electron chi connectivity index (χ4n) is 2.12. The summed E-state index contributed by atoms with van der Waals surface area (Å²) in [4.78, 5) is 26.8. The molecule has 1 N–H and O–H groups in total. The maximum Gasteiger partial charge on any atom is 0.298 e. The van der Waals surface area contributed by atoms with E-state index in [-0.39, 0.29) is 11.8 Å². The molecule has 1 saturated heterocycles. The quantitative estimate of drug-likeness (QED) is 0.744. The highest BCUT2D eigenvalue weighted by atomic mass is 16.3. The summed E-state index contributed by atoms with van der Waals surface area (Å²) in [5.74, 6) is 4.92. The standard InChI is InChI=1S/C16H18N2O3/c1-13(19)16(21)18-11-9-17(10-12-18)15(20)8-7-14-5-3-2-4-6-14/h2-6,13,19H,9-12H2,1H3/t13-/m0/s1. The molecule has 21 heavy (non-hydrogen) atoms. The van der Waals surface area contributed by atoms with E-state index in [1.165, 1.54) is 6.92 Å². The Balaban J connectivity index is 1.89. The Bertz CT molecular complexity index is 564. The van der Waals surface area contributed by atoms with Crippen LogP contribution in [-0.4, -0.2) is 59.0 Å². The molecule has 1 fully saturated rings. The fraction of sp³-hybridized carbons (Fsp3) is 0.375. The number of carbonyl (C=O) groups excluding carboxylic acids is 2. The van der Waals surface area contributed by atoms with Crippen molar-refractivity contribution in [2.45, 2.75) is 13.0 Å². The van der Waals surface area contributed by atoms with Gasteiger partial charge >= 0.3 is 0 Å². The van der Waals surface area contributed by atoms with Crippen LogP contribution in [-0.2, 0) is 9.59 Å². The average molecular weight is 286 g/mol. The van der Waals surface area contributed by atoms with E-state index in [0.29, 0.717) is 26.2 Å². The summed E-state index contributed by atoms with van der Waals surface area (Å²) < 4.78 is 0. The molecule has 0 aliphatic carbocycles. The number of hydrogen-bond donors (Lipinski definition) is 1. The van der Waals surface area contributed by atoms with Crippen LogP contribution >= 0.6 is 0 Å². The lowest BCUT2D eigenvalue weighted by Gasteiger charge is -2.34. The van der Waals surface area contributed by atoms with Gasteiger partial charge in [-0.05, 0) is 19.1 Å². The van der Waals surface area contributed by atoms with Gasteiger partial charge in [0.2, 0.25) is 0 Å². The molecule has 5 heteroatoms. The highest BCUT2D eigenvalue weighted by Crippen LogP contribution is 2.04. The molecule has 0 bridgehead atoms. The topological polar surface area (TPSA) is 60.9 Å². The fourth-order valence-corrected chi connectivity index (χ4v) is 2.12. The molecule has 1 aromatic carbocycles. The minimum absolute atomic E-state index is 0.233. The molecule has 0 radical (unpaired) electrons. The first kappa shape index (κ1) is 15.1. The lowest BCUT2D eigenvalue weighted by atomic mass is 10.2. The van der Waals surface area contributed by atoms with Crippen LogP contribution in [0.1, 0.15) is 12.5 Å². The van der Waals surface area contributed by atoms with Gasteiger partial charge in [0.15, 0.2) is 0 Å². The van der Waals surface area contributed by atoms with Crippen molar-refractivity contribution < 1.29 is 14.7 Å². The summed E-state index contributed by atoms with van der Waals surface area (Å²) in [6, 6.07) is 9.33. The molecule has 0 saturated carbocycles. The third-order valence-electron chi connectivity index (χ3n) is 3.32. The van der Waals surface area contributed by atoms with Crippen molar-refractivity contribution in [2.24, 2.45) is 0 Å². The highest BCUT2D eigenvalue weighted by molar-refractivity contribution is 5.94. The van der Waals surface area contributed by atoms with Crippen LogP contribution in [0.2, 0.25) is 0 Å². The number of carbonyl (C=O) groups is 2. The Morgan fingerprint density at radius 1 is 1.10 bits per heavy atom. The van der Waals surface area contributed by atoms with E-state index in [9.17, 15) is 14.7 Å². The van der Waals surface area contributed by atoms with E-state index in [4.69, 9.17) is 0 Å². The first-order chi connectivity index (χ1) is 10.1. The lowest BCUT2D eigenvalue weighted by molar-refractivity contribution is -0.143. The Hall–Kier alpha value is -2.32. The van der Waals surface area contributed by atoms with E-state index in [0.717, 1.165) is 5.56 Å². The third-order valence-corrected chi connectivity index (χ3v) is 3.32. The summed E-state index contributed by atoms with van der Waals surface area (Å²) in [6.07, 6.45) is -0.995. The van der Waals surface area contributed by atoms with Gasteiger partial charge in [0.25, 0.3) is 11.8 Å². The van der Waals surface area contributed by atoms with Gasteiger partial charge in [-0.15, -0.1) is 0 Å². The van der Waals surface area contributed by atoms with Crippen LogP contribution in [0.25, 0.3) is 0 Å². The van der Waals surface area contributed by atoms with E-state index in [1.807, 2.05) is 30.3 Å². The van der Waals surface area contributed by atoms with Crippen LogP contribution in [0, 0.1) is 11.8 Å². The highest BCUT2D eigenvalue weighted by Gasteiger charge is 2.25. The summed E-state index contributed by atoms with van der Waals surface area (Å²) in [7, 11) is 0. The molecule has 1 aliphatic heterocycles. The second-order valence-corrected chi connectivity index (χ2v) is 4.91. The molecule has 1 atom stereocenters. The van der Waals surface area contributed by atoms with Crippen LogP contribution in [0.3, 0.4) is 0 Å². The van der Waals surface area contributed by atoms with E-state index < -0.39 is 6.10 Å². The van der Waals surface area contributed by atoms with Crippen molar-refractivity contribution in [3.05, 3.63) is 35.9 Å². The van der Waals surface area contributed by atoms with Crippen molar-refractivity contribution in [1.82, 2.24) is 9.80 Å². The van der Waals surface area contributed by atoms with E-state index in [1.54, 1.807) is 9.80 Å². The molecular weight excluding hydrogens is 268 g/mol. The molecule has 2 amide bonds. The summed E-state index contributed by atoms with van der Waals surface area (Å²) in [6.45, 7) is 3.21. The minimum Gasteiger partial charge on any atom is -0.384 e. The van der Waals surface area contributed by atoms with Crippen molar-refractivity contribution in [2.75, 3.05) is 26.2 Å². The molecule has 110 valence electrons. The average Bonchev–Trinajstić information content (AvgIpc) is 2.53. The molecule has 5 nitrogen and oxygen atoms in total. The SMILES string of the molecule is C[C@H](O)C(=O)N1CCN(C(=O)C#Cc2ccccc2)CC1. The molecular formula is C16H18N2O3. The monoisotopic (exact) mass is 286 g/mol. The van der Waals surface area contributed by atoms with Gasteiger partial charge < -0.3 is 14.9 Å². The van der Waals surface area contributed by atoms with Crippen LogP contribution in [0.15, 0.2) is 30.3 Å². The summed E-state index contributed by atoms with van der Waals surface area (Å²) in [5, 5.41) is 9.26. The smallest absolute Gasteiger partial charge is 0.298 e. The van der Waals surface area contributed by atoms with Crippen molar-refractivity contribution >= 4 is 11.8 Å². The number of benzene rings is 1. The number of nitrogens with zero attached hydrogens (tertiary/aromatic N) is 2. The number of aliphatic hydroxyl groups excluding tert-OH is 1. The Morgan fingerprint density at radius 2 is 1.67 bits per heavy atom. The normalized spacial score (nSPS) is 15.9. The van der Waals surface area contributed by atoms with Gasteiger partial charge in [-0.2, -0.15) is 0 Å². The molecule has 1 aromatic rings. The molecule has 0 unspecified atom stereocenters. The molecule has 1 heterocycles. The number of rotatable bonds is 1. The zero-order chi connectivity index (χ0) is 15.2. The maximum atomic E-state index is 12.0. The molecule has 0 spiro atoms. The molecule has 0 aromatic heterocycles. The number of hydrogen-bond acceptors (Lipinski definition) is 3. The zero-order valence-corrected chi connectivity index (χ0v) is 12.0. The van der Waals surface area contributed by atoms with Gasteiger partial charge in [-0.1, -0.05) is 24.1 Å². The van der Waals surface area contributed by atoms with Gasteiger partial charge in [-0.3, -0.25) is 9.59 Å². The van der Waals surface area contributed by atoms with Crippen molar-refractivity contribution in [3.63, 3.8) is 0 Å². The Kier molecular flexibility index (Phi) is 4.96. The van der Waals surface area contributed by atoms with Gasteiger partial charge in [0, 0.05) is 37.7 Å². The van der Waals surface area contributed by atoms with Crippen LogP contribution in [0.5, 0.6) is 0 Å². The Labute approximate surface area is 124 Å². The zero-order valence-electron chi connectivity index (χ0n) is 12.0. The lowest BCUT2D eigenvalue weighted by Crippen LogP contribution is -2.52. The molecule has 1 aliphatic rings. The van der Waals surface area contributed by atoms with Gasteiger partial charge in [0.05, 0.1) is 0 Å². The first-order valence-electron chi connectivity index (χ1n) is 6.91.